The largest absolute Gasteiger partial charge is 0.480 e. The predicted octanol–water partition coefficient (Wildman–Crippen LogP) is -1.74. The van der Waals surface area contributed by atoms with Gasteiger partial charge in [0.25, 0.3) is 0 Å². The molecule has 1 aromatic heterocycles. The molecule has 14 nitrogen and oxygen atoms in total. The first kappa shape index (κ1) is 31.5. The van der Waals surface area contributed by atoms with Crippen molar-refractivity contribution in [1.29, 1.82) is 0 Å². The van der Waals surface area contributed by atoms with E-state index in [2.05, 4.69) is 25.9 Å². The van der Waals surface area contributed by atoms with Crippen LogP contribution < -0.4 is 33.2 Å². The van der Waals surface area contributed by atoms with Crippen LogP contribution in [0.4, 0.5) is 0 Å². The highest BCUT2D eigenvalue weighted by Crippen LogP contribution is 2.11. The van der Waals surface area contributed by atoms with Crippen molar-refractivity contribution in [3.8, 4) is 0 Å². The molecule has 0 saturated carbocycles. The minimum absolute atomic E-state index is 0.147. The van der Waals surface area contributed by atoms with Gasteiger partial charge in [-0.1, -0.05) is 20.3 Å². The van der Waals surface area contributed by atoms with Crippen molar-refractivity contribution in [2.24, 2.45) is 23.1 Å². The number of hydrogen-bond acceptors (Lipinski definition) is 8. The summed E-state index contributed by atoms with van der Waals surface area (Å²) in [7, 11) is 0. The van der Waals surface area contributed by atoms with Gasteiger partial charge in [-0.25, -0.2) is 9.78 Å². The number of unbranched alkanes of at least 4 members (excludes halogenated alkanes) is 1. The van der Waals surface area contributed by atoms with Crippen molar-refractivity contribution in [1.82, 2.24) is 25.9 Å². The van der Waals surface area contributed by atoms with Gasteiger partial charge in [0.1, 0.15) is 18.1 Å². The summed E-state index contributed by atoms with van der Waals surface area (Å²) in [5.74, 6) is -4.27. The number of hydrogen-bond donors (Lipinski definition) is 8. The maximum atomic E-state index is 13.2. The first-order valence-corrected chi connectivity index (χ1v) is 12.3. The van der Waals surface area contributed by atoms with Gasteiger partial charge in [-0.3, -0.25) is 19.2 Å². The Hall–Kier alpha value is -3.52. The van der Waals surface area contributed by atoms with Crippen LogP contribution in [0.3, 0.4) is 0 Å². The number of carbonyl (C=O) groups is 5. The number of carboxylic acids is 1. The molecule has 11 N–H and O–H groups in total. The zero-order chi connectivity index (χ0) is 28.0. The second-order valence-corrected chi connectivity index (χ2v) is 9.01. The quantitative estimate of drug-likeness (QED) is 0.101. The molecule has 0 saturated heterocycles. The molecule has 0 unspecified atom stereocenters. The maximum absolute atomic E-state index is 13.2. The van der Waals surface area contributed by atoms with Crippen LogP contribution in [0.1, 0.15) is 58.1 Å². The van der Waals surface area contributed by atoms with Gasteiger partial charge >= 0.3 is 5.97 Å². The summed E-state index contributed by atoms with van der Waals surface area (Å²) < 4.78 is 0. The molecular formula is C23H40N8O6. The van der Waals surface area contributed by atoms with E-state index in [-0.39, 0.29) is 31.6 Å². The van der Waals surface area contributed by atoms with E-state index >= 15 is 0 Å². The van der Waals surface area contributed by atoms with Crippen molar-refractivity contribution < 1.29 is 29.1 Å². The highest BCUT2D eigenvalue weighted by atomic mass is 16.4. The summed E-state index contributed by atoms with van der Waals surface area (Å²) in [4.78, 5) is 68.5. The van der Waals surface area contributed by atoms with Crippen molar-refractivity contribution in [2.75, 3.05) is 6.54 Å². The normalized spacial score (nSPS) is 15.0. The number of H-pyrrole nitrogens is 1. The lowest BCUT2D eigenvalue weighted by molar-refractivity contribution is -0.142. The second kappa shape index (κ2) is 16.3. The van der Waals surface area contributed by atoms with E-state index in [1.165, 1.54) is 12.5 Å². The fourth-order valence-electron chi connectivity index (χ4n) is 3.53. The molecule has 0 radical (unpaired) electrons. The Bertz CT molecular complexity index is 894. The number of primary amides is 1. The maximum Gasteiger partial charge on any atom is 0.326 e. The van der Waals surface area contributed by atoms with Gasteiger partial charge in [0.2, 0.25) is 23.6 Å². The molecule has 0 aromatic carbocycles. The number of nitrogens with two attached hydrogens (primary N) is 3. The molecule has 0 aliphatic rings. The Morgan fingerprint density at radius 3 is 2.24 bits per heavy atom. The summed E-state index contributed by atoms with van der Waals surface area (Å²) in [6.07, 6.45) is 4.52. The molecule has 208 valence electrons. The van der Waals surface area contributed by atoms with Crippen molar-refractivity contribution in [3.63, 3.8) is 0 Å². The molecule has 0 spiro atoms. The minimum atomic E-state index is -1.25. The number of nitrogens with zero attached hydrogens (tertiary/aromatic N) is 1. The molecule has 5 atom stereocenters. The summed E-state index contributed by atoms with van der Waals surface area (Å²) in [6, 6.07) is -4.44. The molecule has 4 amide bonds. The van der Waals surface area contributed by atoms with E-state index in [9.17, 15) is 29.1 Å². The second-order valence-electron chi connectivity index (χ2n) is 9.01. The summed E-state index contributed by atoms with van der Waals surface area (Å²) in [5, 5.41) is 17.1. The predicted molar refractivity (Wildman–Crippen MR) is 134 cm³/mol. The van der Waals surface area contributed by atoms with Crippen LogP contribution in [0.25, 0.3) is 0 Å². The molecule has 0 bridgehead atoms. The van der Waals surface area contributed by atoms with E-state index in [4.69, 9.17) is 17.2 Å². The third kappa shape index (κ3) is 11.4. The Morgan fingerprint density at radius 1 is 1.03 bits per heavy atom. The van der Waals surface area contributed by atoms with Crippen molar-refractivity contribution >= 4 is 29.6 Å². The molecule has 14 heteroatoms. The Kier molecular flexibility index (Phi) is 13.9. The van der Waals surface area contributed by atoms with Gasteiger partial charge in [-0.15, -0.1) is 0 Å². The van der Waals surface area contributed by atoms with Crippen LogP contribution in [0.15, 0.2) is 12.5 Å². The smallest absolute Gasteiger partial charge is 0.326 e. The van der Waals surface area contributed by atoms with Crippen LogP contribution >= 0.6 is 0 Å². The SMILES string of the molecule is CC[C@H](C)[C@H](NC(=O)[C@@H](N)Cc1cnc[nH]1)C(=O)N[C@@H](CCC(N)=O)C(=O)N[C@@H](CCCCN)C(=O)O. The van der Waals surface area contributed by atoms with Crippen LogP contribution in [0.5, 0.6) is 0 Å². The lowest BCUT2D eigenvalue weighted by Crippen LogP contribution is -2.58. The van der Waals surface area contributed by atoms with E-state index in [1.54, 1.807) is 6.92 Å². The van der Waals surface area contributed by atoms with Crippen LogP contribution in [0.2, 0.25) is 0 Å². The van der Waals surface area contributed by atoms with Gasteiger partial charge < -0.3 is 43.2 Å². The van der Waals surface area contributed by atoms with Gasteiger partial charge in [0.15, 0.2) is 0 Å². The molecule has 1 heterocycles. The van der Waals surface area contributed by atoms with E-state index in [0.717, 1.165) is 0 Å². The number of amides is 4. The highest BCUT2D eigenvalue weighted by molar-refractivity contribution is 5.94. The van der Waals surface area contributed by atoms with Gasteiger partial charge in [0, 0.05) is 24.7 Å². The number of aromatic amines is 1. The zero-order valence-electron chi connectivity index (χ0n) is 21.4. The standard InChI is InChI=1S/C23H40N8O6/c1-3-13(2)19(31-20(33)15(25)10-14-11-27-12-28-14)22(35)29-16(7-8-18(26)32)21(34)30-17(23(36)37)6-4-5-9-24/h11-13,15-17,19H,3-10,24-25H2,1-2H3,(H2,26,32)(H,27,28)(H,29,35)(H,30,34)(H,31,33)(H,36,37)/t13-,15-,16-,17-,19-/m0/s1. The lowest BCUT2D eigenvalue weighted by atomic mass is 9.96. The number of carboxylic acid groups (broad SMARTS) is 1. The van der Waals surface area contributed by atoms with E-state index < -0.39 is 53.8 Å². The average molecular weight is 525 g/mol. The Labute approximate surface area is 215 Å². The molecule has 0 aliphatic heterocycles. The third-order valence-corrected chi connectivity index (χ3v) is 6.00. The molecular weight excluding hydrogens is 484 g/mol. The monoisotopic (exact) mass is 524 g/mol. The number of rotatable bonds is 18. The van der Waals surface area contributed by atoms with Crippen molar-refractivity contribution in [3.05, 3.63) is 18.2 Å². The first-order valence-electron chi connectivity index (χ1n) is 12.3. The molecule has 0 aliphatic carbocycles. The van der Waals surface area contributed by atoms with E-state index in [1.807, 2.05) is 6.92 Å². The molecule has 37 heavy (non-hydrogen) atoms. The number of imidazole rings is 1. The minimum Gasteiger partial charge on any atom is -0.480 e. The molecule has 0 fully saturated rings. The number of aliphatic carboxylic acids is 1. The topological polar surface area (TPSA) is 248 Å². The number of nitrogens with one attached hydrogen (secondary N) is 4. The van der Waals surface area contributed by atoms with Crippen LogP contribution in [-0.2, 0) is 30.4 Å². The highest BCUT2D eigenvalue weighted by Gasteiger charge is 2.32. The van der Waals surface area contributed by atoms with E-state index in [0.29, 0.717) is 31.5 Å². The number of carbonyl (C=O) groups excluding carboxylic acids is 4. The van der Waals surface area contributed by atoms with Crippen LogP contribution in [0, 0.1) is 5.92 Å². The molecule has 1 aromatic rings. The average Bonchev–Trinajstić information content (AvgIpc) is 3.36. The van der Waals surface area contributed by atoms with Crippen LogP contribution in [-0.4, -0.2) is 75.4 Å². The Balaban J connectivity index is 2.97. The third-order valence-electron chi connectivity index (χ3n) is 6.00. The fourth-order valence-corrected chi connectivity index (χ4v) is 3.53. The summed E-state index contributed by atoms with van der Waals surface area (Å²) >= 11 is 0. The summed E-state index contributed by atoms with van der Waals surface area (Å²) in [6.45, 7) is 3.96. The lowest BCUT2D eigenvalue weighted by Gasteiger charge is -2.28. The van der Waals surface area contributed by atoms with Gasteiger partial charge in [-0.05, 0) is 38.1 Å². The molecule has 1 rings (SSSR count). The fraction of sp³-hybridized carbons (Fsp3) is 0.652. The zero-order valence-corrected chi connectivity index (χ0v) is 21.4. The Morgan fingerprint density at radius 2 is 1.70 bits per heavy atom. The van der Waals surface area contributed by atoms with Gasteiger partial charge in [0.05, 0.1) is 12.4 Å². The first-order chi connectivity index (χ1) is 17.5. The number of aromatic nitrogens is 2. The van der Waals surface area contributed by atoms with Gasteiger partial charge in [-0.2, -0.15) is 0 Å². The summed E-state index contributed by atoms with van der Waals surface area (Å²) in [5.41, 5.74) is 17.3. The van der Waals surface area contributed by atoms with Crippen molar-refractivity contribution in [2.45, 2.75) is 83.0 Å².